The molecule has 2 aliphatic rings. The van der Waals surface area contributed by atoms with Gasteiger partial charge in [0, 0.05) is 12.5 Å². The van der Waals surface area contributed by atoms with E-state index in [0.717, 1.165) is 28.7 Å². The van der Waals surface area contributed by atoms with Crippen LogP contribution in [0.25, 0.3) is 11.1 Å². The zero-order chi connectivity index (χ0) is 24.2. The van der Waals surface area contributed by atoms with Crippen LogP contribution in [0.5, 0.6) is 0 Å². The summed E-state index contributed by atoms with van der Waals surface area (Å²) >= 11 is 0. The summed E-state index contributed by atoms with van der Waals surface area (Å²) in [5, 5.41) is 2.79. The summed E-state index contributed by atoms with van der Waals surface area (Å²) < 4.78 is 10.5. The summed E-state index contributed by atoms with van der Waals surface area (Å²) in [6.07, 6.45) is 1.35. The molecule has 1 aliphatic heterocycles. The molecule has 0 aromatic heterocycles. The van der Waals surface area contributed by atoms with E-state index in [4.69, 9.17) is 9.47 Å². The number of esters is 1. The first-order valence-corrected chi connectivity index (χ1v) is 12.0. The molecule has 2 aromatic rings. The number of benzene rings is 2. The Balaban J connectivity index is 1.45. The van der Waals surface area contributed by atoms with Crippen LogP contribution in [-0.2, 0) is 19.1 Å². The Kier molecular flexibility index (Phi) is 7.20. The number of amides is 2. The van der Waals surface area contributed by atoms with Gasteiger partial charge in [0.15, 0.2) is 0 Å². The van der Waals surface area contributed by atoms with E-state index in [0.29, 0.717) is 19.4 Å². The maximum atomic E-state index is 13.3. The molecule has 0 spiro atoms. The lowest BCUT2D eigenvalue weighted by molar-refractivity contribution is -0.152. The van der Waals surface area contributed by atoms with Crippen LogP contribution in [-0.4, -0.2) is 55.2 Å². The number of nitrogens with zero attached hydrogens (tertiary/aromatic N) is 1. The van der Waals surface area contributed by atoms with Crippen LogP contribution >= 0.6 is 0 Å². The smallest absolute Gasteiger partial charge is 0.407 e. The van der Waals surface area contributed by atoms with Gasteiger partial charge >= 0.3 is 12.1 Å². The summed E-state index contributed by atoms with van der Waals surface area (Å²) in [5.74, 6) is -0.865. The van der Waals surface area contributed by atoms with Crippen molar-refractivity contribution in [2.75, 3.05) is 20.3 Å². The number of hydrogen-bond acceptors (Lipinski definition) is 5. The van der Waals surface area contributed by atoms with E-state index in [1.165, 1.54) is 12.0 Å². The minimum absolute atomic E-state index is 0.0572. The molecule has 180 valence electrons. The topological polar surface area (TPSA) is 84.9 Å². The molecule has 0 saturated carbocycles. The number of alkyl carbamates (subject to hydrolysis) is 1. The van der Waals surface area contributed by atoms with Crippen LogP contribution < -0.4 is 5.32 Å². The Morgan fingerprint density at radius 1 is 1.06 bits per heavy atom. The monoisotopic (exact) mass is 464 g/mol. The van der Waals surface area contributed by atoms with Crippen LogP contribution in [0.3, 0.4) is 0 Å². The van der Waals surface area contributed by atoms with Crippen molar-refractivity contribution >= 4 is 18.0 Å². The molecular weight excluding hydrogens is 432 g/mol. The molecule has 3 atom stereocenters. The molecule has 0 bridgehead atoms. The highest BCUT2D eigenvalue weighted by Gasteiger charge is 2.40. The van der Waals surface area contributed by atoms with Crippen molar-refractivity contribution in [2.24, 2.45) is 5.92 Å². The molecule has 4 rings (SSSR count). The normalized spacial score (nSPS) is 18.6. The van der Waals surface area contributed by atoms with E-state index >= 15 is 0 Å². The third kappa shape index (κ3) is 4.52. The minimum Gasteiger partial charge on any atom is -0.467 e. The average Bonchev–Trinajstić information content (AvgIpc) is 3.48. The van der Waals surface area contributed by atoms with Crippen LogP contribution in [0.4, 0.5) is 4.79 Å². The van der Waals surface area contributed by atoms with Crippen LogP contribution in [0.1, 0.15) is 50.2 Å². The summed E-state index contributed by atoms with van der Waals surface area (Å²) in [4.78, 5) is 39.9. The SMILES string of the molecule is CC[C@H](C)[C@H](NC(=O)OCC1c2ccccc2-c2ccccc21)C(=O)N1CCC[C@H]1C(=O)OC. The Bertz CT molecular complexity index is 1020. The number of nitrogens with one attached hydrogen (secondary N) is 1. The second kappa shape index (κ2) is 10.3. The molecule has 0 radical (unpaired) electrons. The highest BCUT2D eigenvalue weighted by Crippen LogP contribution is 2.44. The first-order chi connectivity index (χ1) is 16.5. The van der Waals surface area contributed by atoms with E-state index in [1.54, 1.807) is 0 Å². The molecule has 2 aromatic carbocycles. The lowest BCUT2D eigenvalue weighted by Gasteiger charge is -2.30. The highest BCUT2D eigenvalue weighted by atomic mass is 16.5. The fraction of sp³-hybridized carbons (Fsp3) is 0.444. The fourth-order valence-corrected chi connectivity index (χ4v) is 5.04. The average molecular weight is 465 g/mol. The molecule has 1 N–H and O–H groups in total. The first kappa shape index (κ1) is 23.8. The van der Waals surface area contributed by atoms with Gasteiger partial charge in [0.2, 0.25) is 5.91 Å². The number of likely N-dealkylation sites (tertiary alicyclic amines) is 1. The van der Waals surface area contributed by atoms with Crippen molar-refractivity contribution in [1.29, 1.82) is 0 Å². The molecule has 7 heteroatoms. The molecule has 1 fully saturated rings. The molecule has 1 saturated heterocycles. The molecule has 1 heterocycles. The summed E-state index contributed by atoms with van der Waals surface area (Å²) in [6, 6.07) is 14.9. The largest absolute Gasteiger partial charge is 0.467 e. The lowest BCUT2D eigenvalue weighted by atomic mass is 9.97. The van der Waals surface area contributed by atoms with Crippen molar-refractivity contribution in [2.45, 2.75) is 51.1 Å². The molecule has 2 amide bonds. The summed E-state index contributed by atoms with van der Waals surface area (Å²) in [6.45, 7) is 4.52. The zero-order valence-corrected chi connectivity index (χ0v) is 20.0. The van der Waals surface area contributed by atoms with E-state index in [9.17, 15) is 14.4 Å². The van der Waals surface area contributed by atoms with Gasteiger partial charge in [-0.05, 0) is 41.0 Å². The van der Waals surface area contributed by atoms with Gasteiger partial charge in [-0.2, -0.15) is 0 Å². The van der Waals surface area contributed by atoms with Crippen molar-refractivity contribution < 1.29 is 23.9 Å². The third-order valence-corrected chi connectivity index (χ3v) is 7.11. The number of methoxy groups -OCH3 is 1. The minimum atomic E-state index is -0.772. The number of rotatable bonds is 7. The molecule has 34 heavy (non-hydrogen) atoms. The zero-order valence-electron chi connectivity index (χ0n) is 20.0. The quantitative estimate of drug-likeness (QED) is 0.624. The maximum Gasteiger partial charge on any atom is 0.407 e. The standard InChI is InChI=1S/C27H32N2O5/c1-4-17(2)24(25(30)29-15-9-14-23(29)26(31)33-3)28-27(32)34-16-22-20-12-7-5-10-18(20)19-11-6-8-13-21(19)22/h5-8,10-13,17,22-24H,4,9,14-16H2,1-3H3,(H,28,32)/t17-,23-,24-/m0/s1. The molecular formula is C27H32N2O5. The molecule has 1 aliphatic carbocycles. The van der Waals surface area contributed by atoms with Gasteiger partial charge in [0.25, 0.3) is 0 Å². The van der Waals surface area contributed by atoms with Crippen molar-refractivity contribution in [3.8, 4) is 11.1 Å². The Labute approximate surface area is 200 Å². The third-order valence-electron chi connectivity index (χ3n) is 7.11. The van der Waals surface area contributed by atoms with E-state index in [1.807, 2.05) is 38.1 Å². The number of carbonyl (C=O) groups excluding carboxylic acids is 3. The number of carbonyl (C=O) groups is 3. The van der Waals surface area contributed by atoms with Crippen molar-refractivity contribution in [3.05, 3.63) is 59.7 Å². The van der Waals surface area contributed by atoms with E-state index in [2.05, 4.69) is 29.6 Å². The maximum absolute atomic E-state index is 13.3. The number of ether oxygens (including phenoxy) is 2. The molecule has 7 nitrogen and oxygen atoms in total. The summed E-state index contributed by atoms with van der Waals surface area (Å²) in [7, 11) is 1.32. The summed E-state index contributed by atoms with van der Waals surface area (Å²) in [5.41, 5.74) is 4.57. The predicted molar refractivity (Wildman–Crippen MR) is 128 cm³/mol. The second-order valence-electron chi connectivity index (χ2n) is 9.05. The number of hydrogen-bond donors (Lipinski definition) is 1. The number of fused-ring (bicyclic) bond motifs is 3. The van der Waals surface area contributed by atoms with E-state index < -0.39 is 24.1 Å². The predicted octanol–water partition coefficient (Wildman–Crippen LogP) is 4.10. The van der Waals surface area contributed by atoms with Gasteiger partial charge in [0.05, 0.1) is 7.11 Å². The fourth-order valence-electron chi connectivity index (χ4n) is 5.04. The highest BCUT2D eigenvalue weighted by molar-refractivity contribution is 5.90. The van der Waals surface area contributed by atoms with Crippen LogP contribution in [0, 0.1) is 5.92 Å². The lowest BCUT2D eigenvalue weighted by Crippen LogP contribution is -2.54. The van der Waals surface area contributed by atoms with E-state index in [-0.39, 0.29) is 24.3 Å². The second-order valence-corrected chi connectivity index (χ2v) is 9.05. The van der Waals surface area contributed by atoms with Crippen molar-refractivity contribution in [1.82, 2.24) is 10.2 Å². The van der Waals surface area contributed by atoms with Crippen LogP contribution in [0.15, 0.2) is 48.5 Å². The Morgan fingerprint density at radius 2 is 1.68 bits per heavy atom. The van der Waals surface area contributed by atoms with Gasteiger partial charge in [-0.25, -0.2) is 9.59 Å². The van der Waals surface area contributed by atoms with Gasteiger partial charge in [-0.3, -0.25) is 4.79 Å². The Hall–Kier alpha value is -3.35. The van der Waals surface area contributed by atoms with Gasteiger partial charge in [0.1, 0.15) is 18.7 Å². The molecule has 0 unspecified atom stereocenters. The van der Waals surface area contributed by atoms with Gasteiger partial charge < -0.3 is 19.7 Å². The van der Waals surface area contributed by atoms with Crippen molar-refractivity contribution in [3.63, 3.8) is 0 Å². The van der Waals surface area contributed by atoms with Gasteiger partial charge in [-0.1, -0.05) is 68.8 Å². The van der Waals surface area contributed by atoms with Gasteiger partial charge in [-0.15, -0.1) is 0 Å². The van der Waals surface area contributed by atoms with Crippen LogP contribution in [0.2, 0.25) is 0 Å². The Morgan fingerprint density at radius 3 is 2.26 bits per heavy atom. The first-order valence-electron chi connectivity index (χ1n) is 12.0.